The summed E-state index contributed by atoms with van der Waals surface area (Å²) in [7, 11) is 1.61. The molecule has 2 aromatic carbocycles. The maximum atomic E-state index is 11.6. The van der Waals surface area contributed by atoms with Gasteiger partial charge in [-0.2, -0.15) is 0 Å². The van der Waals surface area contributed by atoms with Gasteiger partial charge >= 0.3 is 0 Å². The lowest BCUT2D eigenvalue weighted by Gasteiger charge is -2.17. The van der Waals surface area contributed by atoms with Gasteiger partial charge in [0.2, 0.25) is 5.91 Å². The quantitative estimate of drug-likeness (QED) is 0.845. The zero-order valence-corrected chi connectivity index (χ0v) is 11.4. The highest BCUT2D eigenvalue weighted by atomic mass is 16.5. The third kappa shape index (κ3) is 3.75. The Labute approximate surface area is 118 Å². The molecule has 2 rings (SSSR count). The predicted molar refractivity (Wildman–Crippen MR) is 79.7 cm³/mol. The van der Waals surface area contributed by atoms with E-state index >= 15 is 0 Å². The fraction of sp³-hybridized carbons (Fsp3) is 0.188. The molecule has 4 nitrogen and oxygen atoms in total. The third-order valence-corrected chi connectivity index (χ3v) is 3.04. The first kappa shape index (κ1) is 13.9. The Morgan fingerprint density at radius 3 is 2.60 bits per heavy atom. The van der Waals surface area contributed by atoms with Crippen LogP contribution in [0.4, 0.5) is 5.69 Å². The number of primary amides is 1. The third-order valence-electron chi connectivity index (χ3n) is 3.04. The number of hydrogen-bond acceptors (Lipinski definition) is 3. The Balaban J connectivity index is 2.11. The van der Waals surface area contributed by atoms with Crippen LogP contribution in [0.15, 0.2) is 54.6 Å². The molecule has 104 valence electrons. The summed E-state index contributed by atoms with van der Waals surface area (Å²) < 4.78 is 5.16. The minimum absolute atomic E-state index is 0.378. The first-order chi connectivity index (χ1) is 9.69. The topological polar surface area (TPSA) is 64.3 Å². The molecule has 0 saturated carbocycles. The van der Waals surface area contributed by atoms with Crippen LogP contribution < -0.4 is 15.8 Å². The number of amides is 1. The SMILES string of the molecule is COc1cccc(NC(Cc2ccccc2)C(N)=O)c1. The Bertz CT molecular complexity index is 570. The van der Waals surface area contributed by atoms with Crippen LogP contribution >= 0.6 is 0 Å². The van der Waals surface area contributed by atoms with Crippen molar-refractivity contribution in [2.75, 3.05) is 12.4 Å². The highest BCUT2D eigenvalue weighted by Crippen LogP contribution is 2.18. The van der Waals surface area contributed by atoms with Crippen molar-refractivity contribution in [3.8, 4) is 5.75 Å². The molecule has 1 atom stereocenters. The van der Waals surface area contributed by atoms with Crippen LogP contribution in [0, 0.1) is 0 Å². The number of benzene rings is 2. The van der Waals surface area contributed by atoms with Gasteiger partial charge in [-0.25, -0.2) is 0 Å². The number of nitrogens with two attached hydrogens (primary N) is 1. The fourth-order valence-corrected chi connectivity index (χ4v) is 1.99. The monoisotopic (exact) mass is 270 g/mol. The highest BCUT2D eigenvalue weighted by molar-refractivity contribution is 5.83. The van der Waals surface area contributed by atoms with Gasteiger partial charge in [-0.15, -0.1) is 0 Å². The zero-order chi connectivity index (χ0) is 14.4. The minimum Gasteiger partial charge on any atom is -0.497 e. The maximum Gasteiger partial charge on any atom is 0.240 e. The van der Waals surface area contributed by atoms with Crippen molar-refractivity contribution in [2.24, 2.45) is 5.73 Å². The molecule has 0 aliphatic rings. The second-order valence-electron chi connectivity index (χ2n) is 4.52. The molecule has 1 unspecified atom stereocenters. The number of anilines is 1. The number of ether oxygens (including phenoxy) is 1. The van der Waals surface area contributed by atoms with Gasteiger partial charge in [0.1, 0.15) is 11.8 Å². The molecule has 0 radical (unpaired) electrons. The molecule has 2 aromatic rings. The summed E-state index contributed by atoms with van der Waals surface area (Å²) in [6.45, 7) is 0. The predicted octanol–water partition coefficient (Wildman–Crippen LogP) is 2.20. The average Bonchev–Trinajstić information content (AvgIpc) is 2.48. The summed E-state index contributed by atoms with van der Waals surface area (Å²) in [5.41, 5.74) is 7.34. The van der Waals surface area contributed by atoms with Crippen LogP contribution in [0.25, 0.3) is 0 Å². The van der Waals surface area contributed by atoms with Crippen molar-refractivity contribution in [3.63, 3.8) is 0 Å². The van der Waals surface area contributed by atoms with Crippen molar-refractivity contribution < 1.29 is 9.53 Å². The molecule has 0 aliphatic heterocycles. The summed E-state index contributed by atoms with van der Waals surface area (Å²) in [5, 5.41) is 3.15. The van der Waals surface area contributed by atoms with Gasteiger partial charge in [-0.3, -0.25) is 4.79 Å². The lowest BCUT2D eigenvalue weighted by molar-refractivity contribution is -0.118. The number of carbonyl (C=O) groups excluding carboxylic acids is 1. The molecular weight excluding hydrogens is 252 g/mol. The Hall–Kier alpha value is -2.49. The fourth-order valence-electron chi connectivity index (χ4n) is 1.99. The van der Waals surface area contributed by atoms with E-state index in [1.807, 2.05) is 54.6 Å². The van der Waals surface area contributed by atoms with E-state index in [1.165, 1.54) is 0 Å². The summed E-state index contributed by atoms with van der Waals surface area (Å²) in [6.07, 6.45) is 0.549. The van der Waals surface area contributed by atoms with E-state index in [4.69, 9.17) is 10.5 Å². The zero-order valence-electron chi connectivity index (χ0n) is 11.4. The largest absolute Gasteiger partial charge is 0.497 e. The van der Waals surface area contributed by atoms with E-state index in [0.717, 1.165) is 17.0 Å². The Morgan fingerprint density at radius 1 is 1.20 bits per heavy atom. The van der Waals surface area contributed by atoms with E-state index in [0.29, 0.717) is 6.42 Å². The van der Waals surface area contributed by atoms with Gasteiger partial charge in [0, 0.05) is 18.2 Å². The number of rotatable bonds is 6. The number of nitrogens with one attached hydrogen (secondary N) is 1. The van der Waals surface area contributed by atoms with Gasteiger partial charge in [-0.05, 0) is 17.7 Å². The molecule has 1 amide bonds. The van der Waals surface area contributed by atoms with Crippen molar-refractivity contribution in [1.29, 1.82) is 0 Å². The molecule has 0 saturated heterocycles. The normalized spacial score (nSPS) is 11.7. The van der Waals surface area contributed by atoms with Crippen LogP contribution in [0.5, 0.6) is 5.75 Å². The molecule has 0 aromatic heterocycles. The van der Waals surface area contributed by atoms with E-state index in [1.54, 1.807) is 7.11 Å². The van der Waals surface area contributed by atoms with Gasteiger partial charge in [0.15, 0.2) is 0 Å². The molecule has 0 heterocycles. The van der Waals surface area contributed by atoms with Gasteiger partial charge in [0.25, 0.3) is 0 Å². The van der Waals surface area contributed by atoms with Gasteiger partial charge in [0.05, 0.1) is 7.11 Å². The molecular formula is C16H18N2O2. The molecule has 0 fully saturated rings. The van der Waals surface area contributed by atoms with Crippen molar-refractivity contribution in [1.82, 2.24) is 0 Å². The van der Waals surface area contributed by atoms with E-state index in [2.05, 4.69) is 5.32 Å². The maximum absolute atomic E-state index is 11.6. The molecule has 0 bridgehead atoms. The molecule has 3 N–H and O–H groups in total. The molecule has 20 heavy (non-hydrogen) atoms. The highest BCUT2D eigenvalue weighted by Gasteiger charge is 2.15. The standard InChI is InChI=1S/C16H18N2O2/c1-20-14-9-5-8-13(11-14)18-15(16(17)19)10-12-6-3-2-4-7-12/h2-9,11,15,18H,10H2,1H3,(H2,17,19). The van der Waals surface area contributed by atoms with E-state index in [-0.39, 0.29) is 5.91 Å². The smallest absolute Gasteiger partial charge is 0.240 e. The molecule has 0 spiro atoms. The van der Waals surface area contributed by atoms with E-state index < -0.39 is 6.04 Å². The average molecular weight is 270 g/mol. The number of methoxy groups -OCH3 is 1. The van der Waals surface area contributed by atoms with Gasteiger partial charge < -0.3 is 15.8 Å². The van der Waals surface area contributed by atoms with Crippen molar-refractivity contribution in [3.05, 3.63) is 60.2 Å². The van der Waals surface area contributed by atoms with Crippen LogP contribution in [0.3, 0.4) is 0 Å². The van der Waals surface area contributed by atoms with Crippen LogP contribution in [-0.4, -0.2) is 19.1 Å². The van der Waals surface area contributed by atoms with Crippen molar-refractivity contribution in [2.45, 2.75) is 12.5 Å². The van der Waals surface area contributed by atoms with E-state index in [9.17, 15) is 4.79 Å². The molecule has 4 heteroatoms. The number of carbonyl (C=O) groups is 1. The molecule has 0 aliphatic carbocycles. The summed E-state index contributed by atoms with van der Waals surface area (Å²) in [5.74, 6) is 0.356. The Kier molecular flexibility index (Phi) is 4.60. The summed E-state index contributed by atoms with van der Waals surface area (Å²) >= 11 is 0. The van der Waals surface area contributed by atoms with Crippen molar-refractivity contribution >= 4 is 11.6 Å². The second kappa shape index (κ2) is 6.61. The minimum atomic E-state index is -0.454. The van der Waals surface area contributed by atoms with Gasteiger partial charge in [-0.1, -0.05) is 36.4 Å². The first-order valence-electron chi connectivity index (χ1n) is 6.43. The van der Waals surface area contributed by atoms with Crippen LogP contribution in [0.1, 0.15) is 5.56 Å². The van der Waals surface area contributed by atoms with Crippen LogP contribution in [-0.2, 0) is 11.2 Å². The summed E-state index contributed by atoms with van der Waals surface area (Å²) in [6, 6.07) is 16.8. The first-order valence-corrected chi connectivity index (χ1v) is 6.43. The Morgan fingerprint density at radius 2 is 1.95 bits per heavy atom. The summed E-state index contributed by atoms with van der Waals surface area (Å²) in [4.78, 5) is 11.6. The van der Waals surface area contributed by atoms with Crippen LogP contribution in [0.2, 0.25) is 0 Å². The lowest BCUT2D eigenvalue weighted by atomic mass is 10.1. The lowest BCUT2D eigenvalue weighted by Crippen LogP contribution is -2.37. The second-order valence-corrected chi connectivity index (χ2v) is 4.52. The number of hydrogen-bond donors (Lipinski definition) is 2.